The molecule has 0 radical (unpaired) electrons. The summed E-state index contributed by atoms with van der Waals surface area (Å²) < 4.78 is 35.2. The summed E-state index contributed by atoms with van der Waals surface area (Å²) >= 11 is 7.34. The minimum absolute atomic E-state index is 0.0648. The van der Waals surface area contributed by atoms with Crippen molar-refractivity contribution in [3.05, 3.63) is 58.6 Å². The SMILES string of the molecule is O=C(OCc1cc(-c2cccs2)on1)C1(S(=O)(=O)c2ccc(Cl)cc2)CCC1. The van der Waals surface area contributed by atoms with Gasteiger partial charge in [-0.15, -0.1) is 11.3 Å². The summed E-state index contributed by atoms with van der Waals surface area (Å²) in [6, 6.07) is 11.3. The maximum atomic E-state index is 13.1. The van der Waals surface area contributed by atoms with Crippen LogP contribution in [0.1, 0.15) is 25.0 Å². The van der Waals surface area contributed by atoms with E-state index in [-0.39, 0.29) is 24.3 Å². The number of rotatable bonds is 6. The molecule has 9 heteroatoms. The first-order valence-corrected chi connectivity index (χ1v) is 11.3. The molecule has 1 fully saturated rings. The Kier molecular flexibility index (Phi) is 5.03. The van der Waals surface area contributed by atoms with Crippen molar-refractivity contribution in [3.63, 3.8) is 0 Å². The van der Waals surface area contributed by atoms with E-state index in [4.69, 9.17) is 20.9 Å². The molecule has 6 nitrogen and oxygen atoms in total. The molecule has 1 saturated carbocycles. The summed E-state index contributed by atoms with van der Waals surface area (Å²) in [5.41, 5.74) is 0.426. The van der Waals surface area contributed by atoms with Gasteiger partial charge in [0.05, 0.1) is 9.77 Å². The third-order valence-corrected chi connectivity index (χ3v) is 8.48. The van der Waals surface area contributed by atoms with Crippen LogP contribution < -0.4 is 0 Å². The molecular weight excluding hydrogens is 422 g/mol. The number of ether oxygens (including phenoxy) is 1. The highest BCUT2D eigenvalue weighted by Crippen LogP contribution is 2.44. The molecule has 1 aromatic carbocycles. The number of benzene rings is 1. The van der Waals surface area contributed by atoms with Crippen molar-refractivity contribution in [2.24, 2.45) is 0 Å². The Labute approximate surface area is 171 Å². The lowest BCUT2D eigenvalue weighted by atomic mass is 9.84. The van der Waals surface area contributed by atoms with Gasteiger partial charge in [0.2, 0.25) is 0 Å². The molecule has 0 N–H and O–H groups in total. The quantitative estimate of drug-likeness (QED) is 0.528. The van der Waals surface area contributed by atoms with Gasteiger partial charge < -0.3 is 9.26 Å². The molecule has 2 heterocycles. The zero-order valence-electron chi connectivity index (χ0n) is 14.6. The minimum atomic E-state index is -3.89. The number of aromatic nitrogens is 1. The second-order valence-electron chi connectivity index (χ2n) is 6.54. The molecule has 1 aliphatic rings. The topological polar surface area (TPSA) is 86.5 Å². The van der Waals surface area contributed by atoms with Gasteiger partial charge in [-0.1, -0.05) is 22.8 Å². The summed E-state index contributed by atoms with van der Waals surface area (Å²) in [5.74, 6) is -0.178. The fraction of sp³-hybridized carbons (Fsp3) is 0.263. The lowest BCUT2D eigenvalue weighted by Crippen LogP contribution is -2.52. The number of sulfone groups is 1. The molecule has 0 aliphatic heterocycles. The third kappa shape index (κ3) is 3.25. The van der Waals surface area contributed by atoms with Crippen LogP contribution in [-0.4, -0.2) is 24.3 Å². The summed E-state index contributed by atoms with van der Waals surface area (Å²) in [6.07, 6.45) is 1.11. The van der Waals surface area contributed by atoms with Crippen molar-refractivity contribution in [1.29, 1.82) is 0 Å². The van der Waals surface area contributed by atoms with Gasteiger partial charge in [-0.25, -0.2) is 8.42 Å². The second-order valence-corrected chi connectivity index (χ2v) is 10.2. The highest BCUT2D eigenvalue weighted by Gasteiger charge is 2.57. The first-order valence-electron chi connectivity index (χ1n) is 8.59. The van der Waals surface area contributed by atoms with E-state index in [0.717, 1.165) is 4.88 Å². The van der Waals surface area contributed by atoms with Crippen LogP contribution in [0.4, 0.5) is 0 Å². The van der Waals surface area contributed by atoms with E-state index >= 15 is 0 Å². The molecule has 1 aliphatic carbocycles. The van der Waals surface area contributed by atoms with Crippen molar-refractivity contribution in [3.8, 4) is 10.6 Å². The van der Waals surface area contributed by atoms with E-state index in [9.17, 15) is 13.2 Å². The molecule has 0 unspecified atom stereocenters. The van der Waals surface area contributed by atoms with Crippen LogP contribution in [0.3, 0.4) is 0 Å². The highest BCUT2D eigenvalue weighted by atomic mass is 35.5. The fourth-order valence-electron chi connectivity index (χ4n) is 3.11. The predicted molar refractivity (Wildman–Crippen MR) is 105 cm³/mol. The van der Waals surface area contributed by atoms with Crippen LogP contribution in [0.5, 0.6) is 0 Å². The van der Waals surface area contributed by atoms with Gasteiger partial charge >= 0.3 is 5.97 Å². The smallest absolute Gasteiger partial charge is 0.328 e. The largest absolute Gasteiger partial charge is 0.458 e. The molecule has 28 heavy (non-hydrogen) atoms. The molecule has 3 aromatic rings. The van der Waals surface area contributed by atoms with Crippen LogP contribution in [0.15, 0.2) is 57.3 Å². The van der Waals surface area contributed by atoms with Crippen molar-refractivity contribution in [2.45, 2.75) is 35.5 Å². The number of nitrogens with zero attached hydrogens (tertiary/aromatic N) is 1. The third-order valence-electron chi connectivity index (χ3n) is 4.85. The average Bonchev–Trinajstić information content (AvgIpc) is 3.30. The highest BCUT2D eigenvalue weighted by molar-refractivity contribution is 7.93. The molecule has 0 amide bonds. The van der Waals surface area contributed by atoms with Crippen molar-refractivity contribution in [2.75, 3.05) is 0 Å². The number of carbonyl (C=O) groups is 1. The minimum Gasteiger partial charge on any atom is -0.458 e. The Bertz CT molecular complexity index is 1080. The predicted octanol–water partition coefficient (Wildman–Crippen LogP) is 4.50. The number of esters is 1. The van der Waals surface area contributed by atoms with Crippen molar-refractivity contribution >= 4 is 38.7 Å². The molecular formula is C19H16ClNO5S2. The Morgan fingerprint density at radius 2 is 2.00 bits per heavy atom. The molecule has 0 saturated heterocycles. The first kappa shape index (κ1) is 19.2. The number of hydrogen-bond acceptors (Lipinski definition) is 7. The monoisotopic (exact) mass is 437 g/mol. The van der Waals surface area contributed by atoms with E-state index in [1.54, 1.807) is 6.07 Å². The Hall–Kier alpha value is -2.16. The van der Waals surface area contributed by atoms with Crippen LogP contribution >= 0.6 is 22.9 Å². The van der Waals surface area contributed by atoms with Crippen LogP contribution in [0, 0.1) is 0 Å². The fourth-order valence-corrected chi connectivity index (χ4v) is 5.95. The molecule has 2 aromatic heterocycles. The average molecular weight is 438 g/mol. The summed E-state index contributed by atoms with van der Waals surface area (Å²) in [7, 11) is -3.89. The number of hydrogen-bond donors (Lipinski definition) is 0. The van der Waals surface area contributed by atoms with Gasteiger partial charge in [0, 0.05) is 11.1 Å². The molecule has 0 spiro atoms. The first-order chi connectivity index (χ1) is 13.4. The normalized spacial score (nSPS) is 15.8. The summed E-state index contributed by atoms with van der Waals surface area (Å²) in [5, 5.41) is 6.23. The summed E-state index contributed by atoms with van der Waals surface area (Å²) in [6.45, 7) is -0.147. The van der Waals surface area contributed by atoms with E-state index in [0.29, 0.717) is 22.9 Å². The van der Waals surface area contributed by atoms with Crippen molar-refractivity contribution in [1.82, 2.24) is 5.16 Å². The second kappa shape index (κ2) is 7.35. The number of carbonyl (C=O) groups excluding carboxylic acids is 1. The van der Waals surface area contributed by atoms with E-state index in [1.165, 1.54) is 35.6 Å². The lowest BCUT2D eigenvalue weighted by Gasteiger charge is -2.38. The van der Waals surface area contributed by atoms with Gasteiger partial charge in [0.15, 0.2) is 20.3 Å². The Balaban J connectivity index is 1.50. The van der Waals surface area contributed by atoms with Crippen LogP contribution in [0.25, 0.3) is 10.6 Å². The molecule has 0 atom stereocenters. The van der Waals surface area contributed by atoms with E-state index in [2.05, 4.69) is 5.16 Å². The standard InChI is InChI=1S/C19H16ClNO5S2/c20-13-4-6-15(7-5-13)28(23,24)19(8-2-9-19)18(22)25-12-14-11-16(26-21-14)17-3-1-10-27-17/h1,3-7,10-11H,2,8-9,12H2. The van der Waals surface area contributed by atoms with Gasteiger partial charge in [0.25, 0.3) is 0 Å². The maximum absolute atomic E-state index is 13.1. The Morgan fingerprint density at radius 1 is 1.25 bits per heavy atom. The molecule has 4 rings (SSSR count). The Morgan fingerprint density at radius 3 is 2.61 bits per heavy atom. The van der Waals surface area contributed by atoms with Gasteiger partial charge in [0.1, 0.15) is 12.3 Å². The zero-order valence-corrected chi connectivity index (χ0v) is 17.0. The molecule has 146 valence electrons. The van der Waals surface area contributed by atoms with Gasteiger partial charge in [-0.3, -0.25) is 4.79 Å². The number of halogens is 1. The van der Waals surface area contributed by atoms with Crippen LogP contribution in [-0.2, 0) is 26.0 Å². The maximum Gasteiger partial charge on any atom is 0.328 e. The number of thiophene rings is 1. The van der Waals surface area contributed by atoms with E-state index < -0.39 is 20.6 Å². The van der Waals surface area contributed by atoms with Gasteiger partial charge in [-0.2, -0.15) is 0 Å². The van der Waals surface area contributed by atoms with Crippen LogP contribution in [0.2, 0.25) is 5.02 Å². The summed E-state index contributed by atoms with van der Waals surface area (Å²) in [4.78, 5) is 13.7. The zero-order chi connectivity index (χ0) is 19.8. The van der Waals surface area contributed by atoms with Gasteiger partial charge in [-0.05, 0) is 55.0 Å². The lowest BCUT2D eigenvalue weighted by molar-refractivity contribution is -0.150. The molecule has 0 bridgehead atoms. The van der Waals surface area contributed by atoms with Crippen molar-refractivity contribution < 1.29 is 22.5 Å². The van der Waals surface area contributed by atoms with E-state index in [1.807, 2.05) is 17.5 Å².